The van der Waals surface area contributed by atoms with Gasteiger partial charge < -0.3 is 9.84 Å². The summed E-state index contributed by atoms with van der Waals surface area (Å²) in [5.41, 5.74) is 3.22. The average molecular weight is 242 g/mol. The minimum atomic E-state index is -0.588. The lowest BCUT2D eigenvalue weighted by atomic mass is 9.70. The summed E-state index contributed by atoms with van der Waals surface area (Å²) in [7, 11) is 1.29. The zero-order chi connectivity index (χ0) is 13.1. The zero-order valence-electron chi connectivity index (χ0n) is 11.0. The summed E-state index contributed by atoms with van der Waals surface area (Å²) in [5.74, 6) is 0.0279. The highest BCUT2D eigenvalue weighted by Gasteiger charge is 2.35. The van der Waals surface area contributed by atoms with Gasteiger partial charge in [0.2, 0.25) is 0 Å². The number of nitrogens with one attached hydrogen (secondary N) is 1. The van der Waals surface area contributed by atoms with E-state index in [2.05, 4.69) is 29.1 Å². The van der Waals surface area contributed by atoms with Crippen LogP contribution in [0.5, 0.6) is 0 Å². The molecule has 1 aliphatic rings. The predicted octanol–water partition coefficient (Wildman–Crippen LogP) is 1.91. The van der Waals surface area contributed by atoms with Crippen molar-refractivity contribution < 1.29 is 14.6 Å². The van der Waals surface area contributed by atoms with Gasteiger partial charge in [0.1, 0.15) is 0 Å². The van der Waals surface area contributed by atoms with Crippen LogP contribution < -0.4 is 5.43 Å². The van der Waals surface area contributed by atoms with Crippen molar-refractivity contribution in [1.29, 1.82) is 0 Å². The minimum absolute atomic E-state index is 0.0279. The van der Waals surface area contributed by atoms with Crippen LogP contribution in [-0.4, -0.2) is 30.1 Å². The van der Waals surface area contributed by atoms with Gasteiger partial charge in [-0.1, -0.05) is 13.8 Å². The Balaban J connectivity index is 2.58. The van der Waals surface area contributed by atoms with E-state index in [1.54, 1.807) is 0 Å². The van der Waals surface area contributed by atoms with Gasteiger partial charge in [-0.15, -0.1) is 0 Å². The molecule has 0 aromatic carbocycles. The Morgan fingerprint density at radius 2 is 2.18 bits per heavy atom. The Morgan fingerprint density at radius 1 is 1.53 bits per heavy atom. The lowest BCUT2D eigenvalue weighted by Crippen LogP contribution is -2.38. The number of carbonyl (C=O) groups excluding carboxylic acids is 1. The molecule has 0 bridgehead atoms. The molecule has 5 heteroatoms. The molecular formula is C12H22N2O3. The molecule has 1 rings (SSSR count). The first-order valence-electron chi connectivity index (χ1n) is 5.92. The zero-order valence-corrected chi connectivity index (χ0v) is 11.0. The number of rotatable bonds is 2. The molecule has 2 N–H and O–H groups in total. The fraction of sp³-hybridized carbons (Fsp3) is 0.833. The highest BCUT2D eigenvalue weighted by Crippen LogP contribution is 2.38. The maximum atomic E-state index is 10.9. The summed E-state index contributed by atoms with van der Waals surface area (Å²) in [6, 6.07) is 0. The van der Waals surface area contributed by atoms with Crippen molar-refractivity contribution in [2.75, 3.05) is 7.11 Å². The Kier molecular flexibility index (Phi) is 4.51. The van der Waals surface area contributed by atoms with E-state index in [-0.39, 0.29) is 17.4 Å². The van der Waals surface area contributed by atoms with Gasteiger partial charge in [-0.3, -0.25) is 0 Å². The lowest BCUT2D eigenvalue weighted by Gasteiger charge is -2.38. The van der Waals surface area contributed by atoms with Crippen LogP contribution in [0.1, 0.15) is 40.0 Å². The van der Waals surface area contributed by atoms with E-state index in [1.165, 1.54) is 7.11 Å². The maximum Gasteiger partial charge on any atom is 0.427 e. The molecule has 1 amide bonds. The first-order chi connectivity index (χ1) is 7.85. The average Bonchev–Trinajstić information content (AvgIpc) is 2.24. The molecule has 2 atom stereocenters. The first kappa shape index (κ1) is 14.0. The third kappa shape index (κ3) is 4.00. The molecule has 1 aliphatic carbocycles. The number of aliphatic hydroxyl groups is 1. The van der Waals surface area contributed by atoms with Crippen LogP contribution in [0.2, 0.25) is 0 Å². The van der Waals surface area contributed by atoms with Gasteiger partial charge in [-0.2, -0.15) is 5.10 Å². The summed E-state index contributed by atoms with van der Waals surface area (Å²) >= 11 is 0. The number of carbonyl (C=O) groups is 1. The fourth-order valence-electron chi connectivity index (χ4n) is 2.30. The quantitative estimate of drug-likeness (QED) is 0.574. The van der Waals surface area contributed by atoms with E-state index >= 15 is 0 Å². The second-order valence-corrected chi connectivity index (χ2v) is 5.44. The van der Waals surface area contributed by atoms with E-state index in [0.717, 1.165) is 25.0 Å². The van der Waals surface area contributed by atoms with Crippen molar-refractivity contribution in [1.82, 2.24) is 5.43 Å². The third-order valence-electron chi connectivity index (χ3n) is 3.40. The van der Waals surface area contributed by atoms with E-state index in [4.69, 9.17) is 0 Å². The van der Waals surface area contributed by atoms with Crippen molar-refractivity contribution in [3.63, 3.8) is 0 Å². The van der Waals surface area contributed by atoms with Crippen LogP contribution in [0.3, 0.4) is 0 Å². The van der Waals surface area contributed by atoms with Crippen LogP contribution in [-0.2, 0) is 4.74 Å². The van der Waals surface area contributed by atoms with E-state index in [1.807, 2.05) is 6.92 Å². The summed E-state index contributed by atoms with van der Waals surface area (Å²) in [4.78, 5) is 10.9. The van der Waals surface area contributed by atoms with E-state index in [0.29, 0.717) is 0 Å². The summed E-state index contributed by atoms with van der Waals surface area (Å²) in [5, 5.41) is 14.0. The minimum Gasteiger partial charge on any atom is -0.452 e. The van der Waals surface area contributed by atoms with Crippen molar-refractivity contribution in [3.8, 4) is 0 Å². The van der Waals surface area contributed by atoms with Gasteiger partial charge in [0.15, 0.2) is 0 Å². The van der Waals surface area contributed by atoms with Gasteiger partial charge >= 0.3 is 6.09 Å². The Hall–Kier alpha value is -1.10. The molecule has 0 aromatic heterocycles. The normalized spacial score (nSPS) is 28.6. The molecule has 98 valence electrons. The van der Waals surface area contributed by atoms with Gasteiger partial charge in [0.25, 0.3) is 0 Å². The van der Waals surface area contributed by atoms with Crippen molar-refractivity contribution in [3.05, 3.63) is 0 Å². The van der Waals surface area contributed by atoms with E-state index in [9.17, 15) is 9.90 Å². The Labute approximate surface area is 102 Å². The molecule has 0 unspecified atom stereocenters. The summed E-state index contributed by atoms with van der Waals surface area (Å²) in [6.45, 7) is 6.14. The van der Waals surface area contributed by atoms with Crippen LogP contribution in [0.15, 0.2) is 5.10 Å². The second-order valence-electron chi connectivity index (χ2n) is 5.44. The maximum absolute atomic E-state index is 10.9. The number of methoxy groups -OCH3 is 1. The lowest BCUT2D eigenvalue weighted by molar-refractivity contribution is 0.0412. The number of hydrogen-bond donors (Lipinski definition) is 2. The molecule has 0 heterocycles. The Bertz CT molecular complexity index is 313. The molecule has 0 aromatic rings. The highest BCUT2D eigenvalue weighted by atomic mass is 16.5. The number of nitrogens with zero attached hydrogens (tertiary/aromatic N) is 1. The standard InChI is InChI=1S/C12H22N2O3/c1-8(13-14-11(16)17-4)9-5-6-12(2,3)7-10(9)15/h9-10,15H,5-7H2,1-4H3,(H,14,16)/b13-8+/t9-,10-/m1/s1. The van der Waals surface area contributed by atoms with Crippen LogP contribution >= 0.6 is 0 Å². The van der Waals surface area contributed by atoms with Crippen molar-refractivity contribution in [2.24, 2.45) is 16.4 Å². The third-order valence-corrected chi connectivity index (χ3v) is 3.40. The molecule has 1 fully saturated rings. The number of aliphatic hydroxyl groups excluding tert-OH is 1. The summed E-state index contributed by atoms with van der Waals surface area (Å²) in [6.07, 6.45) is 1.74. The molecular weight excluding hydrogens is 220 g/mol. The van der Waals surface area contributed by atoms with Gasteiger partial charge in [0.05, 0.1) is 13.2 Å². The van der Waals surface area contributed by atoms with Crippen molar-refractivity contribution >= 4 is 11.8 Å². The second kappa shape index (κ2) is 5.49. The molecule has 0 spiro atoms. The van der Waals surface area contributed by atoms with Gasteiger partial charge in [0, 0.05) is 11.6 Å². The largest absolute Gasteiger partial charge is 0.452 e. The first-order valence-corrected chi connectivity index (χ1v) is 5.92. The smallest absolute Gasteiger partial charge is 0.427 e. The van der Waals surface area contributed by atoms with Gasteiger partial charge in [-0.05, 0) is 31.6 Å². The molecule has 17 heavy (non-hydrogen) atoms. The molecule has 5 nitrogen and oxygen atoms in total. The van der Waals surface area contributed by atoms with Crippen LogP contribution in [0.25, 0.3) is 0 Å². The number of hydrogen-bond acceptors (Lipinski definition) is 4. The monoisotopic (exact) mass is 242 g/mol. The van der Waals surface area contributed by atoms with Gasteiger partial charge in [-0.25, -0.2) is 10.2 Å². The fourth-order valence-corrected chi connectivity index (χ4v) is 2.30. The molecule has 0 aliphatic heterocycles. The summed E-state index contributed by atoms with van der Waals surface area (Å²) < 4.78 is 4.43. The van der Waals surface area contributed by atoms with Crippen molar-refractivity contribution in [2.45, 2.75) is 46.1 Å². The molecule has 1 saturated carbocycles. The number of hydrazone groups is 1. The number of amides is 1. The topological polar surface area (TPSA) is 70.9 Å². The van der Waals surface area contributed by atoms with Crippen LogP contribution in [0.4, 0.5) is 4.79 Å². The molecule has 0 radical (unpaired) electrons. The Morgan fingerprint density at radius 3 is 2.71 bits per heavy atom. The highest BCUT2D eigenvalue weighted by molar-refractivity contribution is 5.86. The number of ether oxygens (including phenoxy) is 1. The SMILES string of the molecule is COC(=O)N/N=C(\C)[C@H]1CCC(C)(C)C[C@H]1O. The van der Waals surface area contributed by atoms with Crippen LogP contribution in [0, 0.1) is 11.3 Å². The predicted molar refractivity (Wildman–Crippen MR) is 65.8 cm³/mol. The molecule has 0 saturated heterocycles. The van der Waals surface area contributed by atoms with E-state index < -0.39 is 6.09 Å².